The number of fused-ring (bicyclic) bond motifs is 1. The van der Waals surface area contributed by atoms with Gasteiger partial charge < -0.3 is 15.2 Å². The number of aromatic hydroxyl groups is 1. The highest BCUT2D eigenvalue weighted by Gasteiger charge is 2.27. The van der Waals surface area contributed by atoms with Crippen LogP contribution in [-0.4, -0.2) is 16.8 Å². The Kier molecular flexibility index (Phi) is 3.39. The smallest absolute Gasteiger partial charge is 0.232 e. The number of carbonyl (C=O) groups is 2. The number of hydrogen-bond acceptors (Lipinski definition) is 4. The first-order valence-electron chi connectivity index (χ1n) is 6.68. The number of anilines is 1. The van der Waals surface area contributed by atoms with Crippen LogP contribution in [0.4, 0.5) is 5.69 Å². The molecule has 2 aromatic carbocycles. The Hall–Kier alpha value is -3.08. The number of allylic oxidation sites excluding steroid dienone is 1. The molecule has 0 bridgehead atoms. The number of hydrogen-bond donors (Lipinski definition) is 2. The van der Waals surface area contributed by atoms with Crippen LogP contribution >= 0.6 is 0 Å². The van der Waals surface area contributed by atoms with Gasteiger partial charge in [-0.05, 0) is 42.0 Å². The molecule has 0 aromatic heterocycles. The van der Waals surface area contributed by atoms with Crippen molar-refractivity contribution in [2.75, 3.05) is 5.32 Å². The van der Waals surface area contributed by atoms with Crippen LogP contribution in [0.5, 0.6) is 11.5 Å². The molecule has 0 spiro atoms. The lowest BCUT2D eigenvalue weighted by Crippen LogP contribution is -2.05. The maximum atomic E-state index is 12.2. The molecular weight excluding hydrogens is 282 g/mol. The lowest BCUT2D eigenvalue weighted by Gasteiger charge is -2.02. The second kappa shape index (κ2) is 5.37. The Labute approximate surface area is 126 Å². The van der Waals surface area contributed by atoms with E-state index >= 15 is 0 Å². The number of benzene rings is 2. The van der Waals surface area contributed by atoms with E-state index in [1.165, 1.54) is 19.1 Å². The van der Waals surface area contributed by atoms with Gasteiger partial charge in [0, 0.05) is 12.6 Å². The SMILES string of the molecule is CC(=O)Nc1ccc(/C=C2\Oc3ccc(O)cc3C2=O)cc1. The number of phenolic OH excluding ortho intramolecular Hbond substituents is 1. The summed E-state index contributed by atoms with van der Waals surface area (Å²) < 4.78 is 5.50. The molecule has 5 nitrogen and oxygen atoms in total. The molecule has 1 aliphatic rings. The van der Waals surface area contributed by atoms with E-state index in [0.29, 0.717) is 17.0 Å². The highest BCUT2D eigenvalue weighted by Crippen LogP contribution is 2.34. The molecule has 1 heterocycles. The summed E-state index contributed by atoms with van der Waals surface area (Å²) in [5.74, 6) is 0.251. The first-order chi connectivity index (χ1) is 10.5. The molecule has 2 aromatic rings. The van der Waals surface area contributed by atoms with Gasteiger partial charge in [0.2, 0.25) is 11.7 Å². The third-order valence-electron chi connectivity index (χ3n) is 3.18. The average molecular weight is 295 g/mol. The summed E-state index contributed by atoms with van der Waals surface area (Å²) in [4.78, 5) is 23.2. The highest BCUT2D eigenvalue weighted by molar-refractivity contribution is 6.14. The summed E-state index contributed by atoms with van der Waals surface area (Å²) >= 11 is 0. The third kappa shape index (κ3) is 2.69. The Balaban J connectivity index is 1.85. The van der Waals surface area contributed by atoms with E-state index in [-0.39, 0.29) is 23.2 Å². The zero-order valence-electron chi connectivity index (χ0n) is 11.8. The molecule has 0 aliphatic carbocycles. The van der Waals surface area contributed by atoms with Crippen molar-refractivity contribution in [3.05, 3.63) is 59.4 Å². The summed E-state index contributed by atoms with van der Waals surface area (Å²) in [5.41, 5.74) is 1.80. The fourth-order valence-corrected chi connectivity index (χ4v) is 2.19. The fourth-order valence-electron chi connectivity index (χ4n) is 2.19. The lowest BCUT2D eigenvalue weighted by molar-refractivity contribution is -0.114. The first kappa shape index (κ1) is 13.9. The van der Waals surface area contributed by atoms with Crippen molar-refractivity contribution in [2.24, 2.45) is 0 Å². The van der Waals surface area contributed by atoms with E-state index < -0.39 is 0 Å². The van der Waals surface area contributed by atoms with Gasteiger partial charge >= 0.3 is 0 Å². The van der Waals surface area contributed by atoms with Crippen molar-refractivity contribution in [1.29, 1.82) is 0 Å². The van der Waals surface area contributed by atoms with Gasteiger partial charge in [-0.25, -0.2) is 0 Å². The highest BCUT2D eigenvalue weighted by atomic mass is 16.5. The molecular formula is C17H13NO4. The molecule has 110 valence electrons. The van der Waals surface area contributed by atoms with Crippen molar-refractivity contribution in [3.8, 4) is 11.5 Å². The van der Waals surface area contributed by atoms with Crippen LogP contribution < -0.4 is 10.1 Å². The summed E-state index contributed by atoms with van der Waals surface area (Å²) in [5, 5.41) is 12.1. The van der Waals surface area contributed by atoms with Crippen LogP contribution in [0, 0.1) is 0 Å². The minimum absolute atomic E-state index is 0.0246. The van der Waals surface area contributed by atoms with Crippen molar-refractivity contribution in [2.45, 2.75) is 6.92 Å². The molecule has 1 amide bonds. The van der Waals surface area contributed by atoms with Gasteiger partial charge in [-0.1, -0.05) is 12.1 Å². The van der Waals surface area contributed by atoms with Crippen molar-refractivity contribution >= 4 is 23.5 Å². The molecule has 5 heteroatoms. The quantitative estimate of drug-likeness (QED) is 0.835. The van der Waals surface area contributed by atoms with Crippen LogP contribution in [0.25, 0.3) is 6.08 Å². The second-order valence-electron chi connectivity index (χ2n) is 4.92. The zero-order chi connectivity index (χ0) is 15.7. The Morgan fingerprint density at radius 3 is 2.59 bits per heavy atom. The number of amides is 1. The summed E-state index contributed by atoms with van der Waals surface area (Å²) in [7, 11) is 0. The van der Waals surface area contributed by atoms with Gasteiger partial charge in [-0.15, -0.1) is 0 Å². The molecule has 2 N–H and O–H groups in total. The predicted molar refractivity (Wildman–Crippen MR) is 81.8 cm³/mol. The summed E-state index contributed by atoms with van der Waals surface area (Å²) in [6.45, 7) is 1.44. The van der Waals surface area contributed by atoms with E-state index in [9.17, 15) is 14.7 Å². The average Bonchev–Trinajstić information content (AvgIpc) is 2.77. The van der Waals surface area contributed by atoms with Gasteiger partial charge in [0.15, 0.2) is 5.76 Å². The zero-order valence-corrected chi connectivity index (χ0v) is 11.8. The molecule has 0 unspecified atom stereocenters. The Morgan fingerprint density at radius 2 is 1.91 bits per heavy atom. The van der Waals surface area contributed by atoms with Gasteiger partial charge in [-0.2, -0.15) is 0 Å². The molecule has 0 saturated carbocycles. The number of carbonyl (C=O) groups excluding carboxylic acids is 2. The number of nitrogens with one attached hydrogen (secondary N) is 1. The number of ketones is 1. The lowest BCUT2D eigenvalue weighted by atomic mass is 10.1. The van der Waals surface area contributed by atoms with Crippen LogP contribution in [0.3, 0.4) is 0 Å². The number of rotatable bonds is 2. The van der Waals surface area contributed by atoms with Crippen LogP contribution in [0.2, 0.25) is 0 Å². The predicted octanol–water partition coefficient (Wildman–Crippen LogP) is 2.97. The summed E-state index contributed by atoms with van der Waals surface area (Å²) in [6.07, 6.45) is 1.62. The van der Waals surface area contributed by atoms with E-state index in [1.807, 2.05) is 0 Å². The fraction of sp³-hybridized carbons (Fsp3) is 0.0588. The molecule has 3 rings (SSSR count). The van der Waals surface area contributed by atoms with Gasteiger partial charge in [0.25, 0.3) is 0 Å². The maximum Gasteiger partial charge on any atom is 0.232 e. The standard InChI is InChI=1S/C17H13NO4/c1-10(19)18-12-4-2-11(3-5-12)8-16-17(21)14-9-13(20)6-7-15(14)22-16/h2-9,20H,1H3,(H,18,19)/b16-8-. The van der Waals surface area contributed by atoms with E-state index in [2.05, 4.69) is 5.32 Å². The normalized spacial score (nSPS) is 14.6. The van der Waals surface area contributed by atoms with Gasteiger partial charge in [0.05, 0.1) is 5.56 Å². The molecule has 0 fully saturated rings. The molecule has 1 aliphatic heterocycles. The van der Waals surface area contributed by atoms with Gasteiger partial charge in [0.1, 0.15) is 11.5 Å². The van der Waals surface area contributed by atoms with E-state index in [0.717, 1.165) is 5.56 Å². The molecule has 22 heavy (non-hydrogen) atoms. The Morgan fingerprint density at radius 1 is 1.18 bits per heavy atom. The molecule has 0 atom stereocenters. The van der Waals surface area contributed by atoms with Crippen molar-refractivity contribution < 1.29 is 19.4 Å². The molecule has 0 saturated heterocycles. The number of phenols is 1. The van der Waals surface area contributed by atoms with Crippen LogP contribution in [0.15, 0.2) is 48.2 Å². The maximum absolute atomic E-state index is 12.2. The Bertz CT molecular complexity index is 791. The third-order valence-corrected chi connectivity index (χ3v) is 3.18. The molecule has 0 radical (unpaired) electrons. The topological polar surface area (TPSA) is 75.6 Å². The van der Waals surface area contributed by atoms with Crippen LogP contribution in [-0.2, 0) is 4.79 Å². The van der Waals surface area contributed by atoms with Gasteiger partial charge in [-0.3, -0.25) is 9.59 Å². The second-order valence-corrected chi connectivity index (χ2v) is 4.92. The first-order valence-corrected chi connectivity index (χ1v) is 6.68. The van der Waals surface area contributed by atoms with E-state index in [1.54, 1.807) is 36.4 Å². The minimum atomic E-state index is -0.267. The van der Waals surface area contributed by atoms with Crippen molar-refractivity contribution in [1.82, 2.24) is 0 Å². The number of ether oxygens (including phenoxy) is 1. The van der Waals surface area contributed by atoms with E-state index in [4.69, 9.17) is 4.74 Å². The largest absolute Gasteiger partial charge is 0.508 e. The number of Topliss-reactive ketones (excluding diaryl/α,β-unsaturated/α-hetero) is 1. The van der Waals surface area contributed by atoms with Crippen molar-refractivity contribution in [3.63, 3.8) is 0 Å². The monoisotopic (exact) mass is 295 g/mol. The minimum Gasteiger partial charge on any atom is -0.508 e. The summed E-state index contributed by atoms with van der Waals surface area (Å²) in [6, 6.07) is 11.4. The van der Waals surface area contributed by atoms with Crippen LogP contribution in [0.1, 0.15) is 22.8 Å².